The van der Waals surface area contributed by atoms with Crippen molar-refractivity contribution in [2.45, 2.75) is 20.8 Å². The molecule has 17 heavy (non-hydrogen) atoms. The molecule has 0 fully saturated rings. The molecule has 92 valence electrons. The quantitative estimate of drug-likeness (QED) is 0.706. The lowest BCUT2D eigenvalue weighted by Gasteiger charge is -2.22. The fraction of sp³-hybridized carbons (Fsp3) is 0.538. The van der Waals surface area contributed by atoms with E-state index in [4.69, 9.17) is 10.00 Å². The summed E-state index contributed by atoms with van der Waals surface area (Å²) in [5.74, 6) is 0.842. The molecule has 0 saturated carbocycles. The minimum Gasteiger partial charge on any atom is -0.380 e. The number of nitriles is 1. The summed E-state index contributed by atoms with van der Waals surface area (Å²) in [5.41, 5.74) is 1.41. The molecule has 0 saturated heterocycles. The molecule has 0 aliphatic carbocycles. The van der Waals surface area contributed by atoms with Crippen molar-refractivity contribution in [3.8, 4) is 6.07 Å². The molecule has 0 atom stereocenters. The van der Waals surface area contributed by atoms with Crippen molar-refractivity contribution in [2.24, 2.45) is 0 Å². The van der Waals surface area contributed by atoms with E-state index in [1.807, 2.05) is 26.0 Å². The Morgan fingerprint density at radius 3 is 2.76 bits per heavy atom. The molecule has 1 aromatic rings. The summed E-state index contributed by atoms with van der Waals surface area (Å²) in [7, 11) is 0. The van der Waals surface area contributed by atoms with E-state index in [0.717, 1.165) is 31.1 Å². The van der Waals surface area contributed by atoms with Gasteiger partial charge in [-0.15, -0.1) is 0 Å². The molecule has 1 aromatic heterocycles. The fourth-order valence-electron chi connectivity index (χ4n) is 1.56. The first kappa shape index (κ1) is 13.5. The molecule has 1 heterocycles. The van der Waals surface area contributed by atoms with Crippen LogP contribution in [0, 0.1) is 18.3 Å². The van der Waals surface area contributed by atoms with Gasteiger partial charge >= 0.3 is 0 Å². The van der Waals surface area contributed by atoms with Gasteiger partial charge < -0.3 is 9.64 Å². The molecule has 0 radical (unpaired) electrons. The third-order valence-corrected chi connectivity index (χ3v) is 2.60. The van der Waals surface area contributed by atoms with Crippen molar-refractivity contribution in [3.63, 3.8) is 0 Å². The summed E-state index contributed by atoms with van der Waals surface area (Å²) in [5, 5.41) is 8.96. The molecule has 0 bridgehead atoms. The van der Waals surface area contributed by atoms with Crippen molar-refractivity contribution in [2.75, 3.05) is 31.2 Å². The molecule has 4 heteroatoms. The summed E-state index contributed by atoms with van der Waals surface area (Å²) in [6.45, 7) is 9.00. The van der Waals surface area contributed by atoms with Gasteiger partial charge in [-0.05, 0) is 32.4 Å². The van der Waals surface area contributed by atoms with E-state index in [1.165, 1.54) is 0 Å². The monoisotopic (exact) mass is 233 g/mol. The van der Waals surface area contributed by atoms with Crippen molar-refractivity contribution in [1.82, 2.24) is 4.98 Å². The van der Waals surface area contributed by atoms with Crippen LogP contribution in [0.2, 0.25) is 0 Å². The largest absolute Gasteiger partial charge is 0.380 e. The number of hydrogen-bond donors (Lipinski definition) is 0. The van der Waals surface area contributed by atoms with E-state index in [1.54, 1.807) is 0 Å². The Kier molecular flexibility index (Phi) is 5.44. The van der Waals surface area contributed by atoms with Crippen molar-refractivity contribution >= 4 is 5.82 Å². The number of aryl methyl sites for hydroxylation is 1. The highest BCUT2D eigenvalue weighted by molar-refractivity contribution is 5.44. The Morgan fingerprint density at radius 1 is 1.41 bits per heavy atom. The first-order chi connectivity index (χ1) is 8.22. The van der Waals surface area contributed by atoms with Gasteiger partial charge in [-0.25, -0.2) is 4.98 Å². The van der Waals surface area contributed by atoms with Crippen LogP contribution in [0.5, 0.6) is 0 Å². The second kappa shape index (κ2) is 6.87. The van der Waals surface area contributed by atoms with Gasteiger partial charge in [0.15, 0.2) is 0 Å². The predicted octanol–water partition coefficient (Wildman–Crippen LogP) is 2.12. The molecular formula is C13H19N3O. The fourth-order valence-corrected chi connectivity index (χ4v) is 1.56. The Bertz CT molecular complexity index is 398. The van der Waals surface area contributed by atoms with Crippen molar-refractivity contribution in [1.29, 1.82) is 5.26 Å². The zero-order valence-corrected chi connectivity index (χ0v) is 10.7. The number of nitrogens with zero attached hydrogens (tertiary/aromatic N) is 3. The smallest absolute Gasteiger partial charge is 0.145 e. The lowest BCUT2D eigenvalue weighted by atomic mass is 10.2. The van der Waals surface area contributed by atoms with Crippen LogP contribution in [0.25, 0.3) is 0 Å². The Balaban J connectivity index is 2.78. The average molecular weight is 233 g/mol. The highest BCUT2D eigenvalue weighted by Gasteiger charge is 2.08. The van der Waals surface area contributed by atoms with E-state index in [2.05, 4.69) is 22.9 Å². The minimum atomic E-state index is 0.498. The van der Waals surface area contributed by atoms with Crippen LogP contribution in [0.3, 0.4) is 0 Å². The van der Waals surface area contributed by atoms with E-state index in [0.29, 0.717) is 12.3 Å². The Morgan fingerprint density at radius 2 is 2.18 bits per heavy atom. The maximum absolute atomic E-state index is 8.96. The van der Waals surface area contributed by atoms with Crippen LogP contribution in [0.15, 0.2) is 12.1 Å². The Hall–Kier alpha value is -1.60. The SMILES string of the molecule is CCOCCN(CC)c1ccc(C)c(C#N)n1. The molecule has 0 aliphatic rings. The first-order valence-corrected chi connectivity index (χ1v) is 5.93. The highest BCUT2D eigenvalue weighted by Crippen LogP contribution is 2.13. The van der Waals surface area contributed by atoms with E-state index in [-0.39, 0.29) is 0 Å². The molecule has 0 aliphatic heterocycles. The number of rotatable bonds is 6. The van der Waals surface area contributed by atoms with Gasteiger partial charge in [-0.1, -0.05) is 6.07 Å². The second-order valence-electron chi connectivity index (χ2n) is 3.72. The van der Waals surface area contributed by atoms with Gasteiger partial charge in [0.2, 0.25) is 0 Å². The van der Waals surface area contributed by atoms with Crippen molar-refractivity contribution in [3.05, 3.63) is 23.4 Å². The number of pyridine rings is 1. The molecular weight excluding hydrogens is 214 g/mol. The number of ether oxygens (including phenoxy) is 1. The maximum atomic E-state index is 8.96. The topological polar surface area (TPSA) is 49.1 Å². The standard InChI is InChI=1S/C13H19N3O/c1-4-16(8-9-17-5-2)13-7-6-11(3)12(10-14)15-13/h6-7H,4-5,8-9H2,1-3H3. The third kappa shape index (κ3) is 3.72. The number of hydrogen-bond acceptors (Lipinski definition) is 4. The van der Waals surface area contributed by atoms with Gasteiger partial charge in [-0.2, -0.15) is 5.26 Å². The highest BCUT2D eigenvalue weighted by atomic mass is 16.5. The molecule has 0 aromatic carbocycles. The lowest BCUT2D eigenvalue weighted by Crippen LogP contribution is -2.28. The molecule has 4 nitrogen and oxygen atoms in total. The van der Waals surface area contributed by atoms with Gasteiger partial charge in [-0.3, -0.25) is 0 Å². The van der Waals surface area contributed by atoms with Crippen LogP contribution >= 0.6 is 0 Å². The van der Waals surface area contributed by atoms with Crippen LogP contribution in [0.1, 0.15) is 25.1 Å². The summed E-state index contributed by atoms with van der Waals surface area (Å²) >= 11 is 0. The summed E-state index contributed by atoms with van der Waals surface area (Å²) in [6, 6.07) is 6.00. The number of likely N-dealkylation sites (N-methyl/N-ethyl adjacent to an activating group) is 1. The zero-order chi connectivity index (χ0) is 12.7. The van der Waals surface area contributed by atoms with E-state index >= 15 is 0 Å². The van der Waals surface area contributed by atoms with Crippen LogP contribution < -0.4 is 4.90 Å². The third-order valence-electron chi connectivity index (χ3n) is 2.60. The molecule has 1 rings (SSSR count). The molecule has 0 spiro atoms. The zero-order valence-electron chi connectivity index (χ0n) is 10.7. The molecule has 0 N–H and O–H groups in total. The van der Waals surface area contributed by atoms with Crippen molar-refractivity contribution < 1.29 is 4.74 Å². The number of anilines is 1. The maximum Gasteiger partial charge on any atom is 0.145 e. The molecule has 0 amide bonds. The van der Waals surface area contributed by atoms with Crippen LogP contribution in [0.4, 0.5) is 5.82 Å². The lowest BCUT2D eigenvalue weighted by molar-refractivity contribution is 0.154. The summed E-state index contributed by atoms with van der Waals surface area (Å²) < 4.78 is 5.33. The van der Waals surface area contributed by atoms with E-state index in [9.17, 15) is 0 Å². The van der Waals surface area contributed by atoms with Crippen LogP contribution in [-0.4, -0.2) is 31.3 Å². The van der Waals surface area contributed by atoms with Crippen LogP contribution in [-0.2, 0) is 4.74 Å². The summed E-state index contributed by atoms with van der Waals surface area (Å²) in [4.78, 5) is 6.46. The second-order valence-corrected chi connectivity index (χ2v) is 3.72. The van der Waals surface area contributed by atoms with Gasteiger partial charge in [0, 0.05) is 19.7 Å². The Labute approximate surface area is 103 Å². The predicted molar refractivity (Wildman–Crippen MR) is 68.1 cm³/mol. The minimum absolute atomic E-state index is 0.498. The first-order valence-electron chi connectivity index (χ1n) is 5.93. The van der Waals surface area contributed by atoms with Gasteiger partial charge in [0.1, 0.15) is 17.6 Å². The normalized spacial score (nSPS) is 10.0. The van der Waals surface area contributed by atoms with E-state index < -0.39 is 0 Å². The average Bonchev–Trinajstić information content (AvgIpc) is 2.36. The number of aromatic nitrogens is 1. The summed E-state index contributed by atoms with van der Waals surface area (Å²) in [6.07, 6.45) is 0. The van der Waals surface area contributed by atoms with Gasteiger partial charge in [0.25, 0.3) is 0 Å². The van der Waals surface area contributed by atoms with Gasteiger partial charge in [0.05, 0.1) is 6.61 Å². The molecule has 0 unspecified atom stereocenters.